The minimum atomic E-state index is -2.92. The van der Waals surface area contributed by atoms with Gasteiger partial charge < -0.3 is 4.90 Å². The van der Waals surface area contributed by atoms with E-state index >= 15 is 0 Å². The molecule has 1 aromatic carbocycles. The van der Waals surface area contributed by atoms with E-state index < -0.39 is 9.84 Å². The molecule has 2 atom stereocenters. The monoisotopic (exact) mass is 328 g/mol. The van der Waals surface area contributed by atoms with Crippen molar-refractivity contribution >= 4 is 27.3 Å². The number of hydrogen-bond acceptors (Lipinski definition) is 4. The second-order valence-electron chi connectivity index (χ2n) is 5.65. The number of rotatable bonds is 3. The highest BCUT2D eigenvalue weighted by molar-refractivity contribution is 7.91. The third-order valence-corrected chi connectivity index (χ3v) is 6.10. The minimum absolute atomic E-state index is 0.00396. The third-order valence-electron chi connectivity index (χ3n) is 4.02. The number of nitrogens with zero attached hydrogens (tertiary/aromatic N) is 1. The summed E-state index contributed by atoms with van der Waals surface area (Å²) in [5.41, 5.74) is 0.925. The van der Waals surface area contributed by atoms with Crippen molar-refractivity contribution in [3.8, 4) is 0 Å². The highest BCUT2D eigenvalue weighted by Gasteiger charge is 2.36. The molecule has 1 N–H and O–H groups in total. The highest BCUT2D eigenvalue weighted by Crippen LogP contribution is 2.28. The molecule has 2 aliphatic heterocycles. The van der Waals surface area contributed by atoms with Crippen LogP contribution in [0.15, 0.2) is 24.3 Å². The summed E-state index contributed by atoms with van der Waals surface area (Å²) in [4.78, 5) is 13.8. The first-order chi connectivity index (χ1) is 9.94. The summed E-state index contributed by atoms with van der Waals surface area (Å²) in [6.45, 7) is 0.749. The average molecular weight is 329 g/mol. The Hall–Kier alpha value is -1.11. The van der Waals surface area contributed by atoms with Gasteiger partial charge in [-0.05, 0) is 30.0 Å². The number of carbonyl (C=O) groups is 1. The predicted molar refractivity (Wildman–Crippen MR) is 80.7 cm³/mol. The molecule has 5 nitrogen and oxygen atoms in total. The molecular formula is C14H17ClN2O3S. The van der Waals surface area contributed by atoms with Crippen LogP contribution in [-0.4, -0.2) is 43.8 Å². The van der Waals surface area contributed by atoms with Gasteiger partial charge in [-0.1, -0.05) is 23.7 Å². The Morgan fingerprint density at radius 2 is 2.19 bits per heavy atom. The van der Waals surface area contributed by atoms with E-state index in [1.165, 1.54) is 0 Å². The molecule has 0 aliphatic carbocycles. The van der Waals surface area contributed by atoms with Crippen molar-refractivity contribution in [2.45, 2.75) is 12.6 Å². The second kappa shape index (κ2) is 5.59. The molecule has 2 fully saturated rings. The third kappa shape index (κ3) is 3.22. The van der Waals surface area contributed by atoms with Crippen LogP contribution >= 0.6 is 11.6 Å². The summed E-state index contributed by atoms with van der Waals surface area (Å²) in [7, 11) is -2.92. The molecule has 2 saturated heterocycles. The minimum Gasteiger partial charge on any atom is -0.322 e. The fourth-order valence-electron chi connectivity index (χ4n) is 3.02. The molecule has 1 aromatic rings. The fraction of sp³-hybridized carbons (Fsp3) is 0.500. The molecule has 2 unspecified atom stereocenters. The van der Waals surface area contributed by atoms with Gasteiger partial charge in [0, 0.05) is 11.6 Å². The van der Waals surface area contributed by atoms with E-state index in [0.29, 0.717) is 18.0 Å². The Morgan fingerprint density at radius 3 is 2.86 bits per heavy atom. The highest BCUT2D eigenvalue weighted by atomic mass is 35.5. The van der Waals surface area contributed by atoms with Crippen molar-refractivity contribution in [2.24, 2.45) is 5.92 Å². The summed E-state index contributed by atoms with van der Waals surface area (Å²) < 4.78 is 23.1. The molecule has 2 heterocycles. The Morgan fingerprint density at radius 1 is 1.38 bits per heavy atom. The summed E-state index contributed by atoms with van der Waals surface area (Å²) in [5, 5.41) is 3.79. The van der Waals surface area contributed by atoms with Crippen LogP contribution in [0.3, 0.4) is 0 Å². The molecule has 0 aromatic heterocycles. The summed E-state index contributed by atoms with van der Waals surface area (Å²) in [6, 6.07) is 7.38. The van der Waals surface area contributed by atoms with Gasteiger partial charge >= 0.3 is 0 Å². The van der Waals surface area contributed by atoms with Gasteiger partial charge in [-0.25, -0.2) is 8.42 Å². The molecule has 21 heavy (non-hydrogen) atoms. The zero-order valence-corrected chi connectivity index (χ0v) is 13.0. The maximum Gasteiger partial charge on any atom is 0.238 e. The standard InChI is InChI=1S/C14H17ClN2O3S/c15-12-3-1-2-11(6-12)14-16-7-13(18)17(14)8-10-4-5-21(19,20)9-10/h1-3,6,10,14,16H,4-5,7-9H2. The van der Waals surface area contributed by atoms with E-state index in [1.807, 2.05) is 18.2 Å². The number of nitrogens with one attached hydrogen (secondary N) is 1. The molecule has 3 rings (SSSR count). The van der Waals surface area contributed by atoms with Crippen LogP contribution < -0.4 is 5.32 Å². The van der Waals surface area contributed by atoms with E-state index in [2.05, 4.69) is 5.32 Å². The van der Waals surface area contributed by atoms with Crippen molar-refractivity contribution in [2.75, 3.05) is 24.6 Å². The van der Waals surface area contributed by atoms with Crippen molar-refractivity contribution in [1.29, 1.82) is 0 Å². The Balaban J connectivity index is 1.77. The average Bonchev–Trinajstić information content (AvgIpc) is 2.94. The lowest BCUT2D eigenvalue weighted by atomic mass is 10.1. The first kappa shape index (κ1) is 14.8. The zero-order valence-electron chi connectivity index (χ0n) is 11.5. The van der Waals surface area contributed by atoms with Crippen LogP contribution in [0, 0.1) is 5.92 Å². The van der Waals surface area contributed by atoms with E-state index in [0.717, 1.165) is 5.56 Å². The Bertz CT molecular complexity index is 662. The maximum atomic E-state index is 12.1. The molecule has 2 aliphatic rings. The number of amides is 1. The van der Waals surface area contributed by atoms with Gasteiger partial charge in [-0.15, -0.1) is 0 Å². The molecule has 0 bridgehead atoms. The Kier molecular flexibility index (Phi) is 3.94. The van der Waals surface area contributed by atoms with Gasteiger partial charge in [0.2, 0.25) is 5.91 Å². The van der Waals surface area contributed by atoms with Crippen molar-refractivity contribution in [1.82, 2.24) is 10.2 Å². The van der Waals surface area contributed by atoms with Crippen LogP contribution in [0.4, 0.5) is 0 Å². The largest absolute Gasteiger partial charge is 0.322 e. The first-order valence-electron chi connectivity index (χ1n) is 6.93. The molecular weight excluding hydrogens is 312 g/mol. The number of sulfone groups is 1. The topological polar surface area (TPSA) is 66.5 Å². The van der Waals surface area contributed by atoms with E-state index in [4.69, 9.17) is 11.6 Å². The lowest BCUT2D eigenvalue weighted by Crippen LogP contribution is -2.35. The predicted octanol–water partition coefficient (Wildman–Crippen LogP) is 1.21. The number of carbonyl (C=O) groups excluding carboxylic acids is 1. The summed E-state index contributed by atoms with van der Waals surface area (Å²) in [6.07, 6.45) is 0.411. The van der Waals surface area contributed by atoms with Crippen LogP contribution in [0.2, 0.25) is 5.02 Å². The van der Waals surface area contributed by atoms with E-state index in [9.17, 15) is 13.2 Å². The molecule has 0 spiro atoms. The van der Waals surface area contributed by atoms with Crippen LogP contribution in [-0.2, 0) is 14.6 Å². The molecule has 0 radical (unpaired) electrons. The van der Waals surface area contributed by atoms with E-state index in [-0.39, 0.29) is 36.0 Å². The van der Waals surface area contributed by atoms with Crippen LogP contribution in [0.5, 0.6) is 0 Å². The molecule has 114 valence electrons. The summed E-state index contributed by atoms with van der Waals surface area (Å²) in [5.74, 6) is 0.443. The van der Waals surface area contributed by atoms with Gasteiger partial charge in [-0.3, -0.25) is 10.1 Å². The number of halogens is 1. The number of hydrogen-bond donors (Lipinski definition) is 1. The number of benzene rings is 1. The lowest BCUT2D eigenvalue weighted by molar-refractivity contribution is -0.128. The zero-order chi connectivity index (χ0) is 15.0. The van der Waals surface area contributed by atoms with Gasteiger partial charge in [0.15, 0.2) is 9.84 Å². The molecule has 7 heteroatoms. The quantitative estimate of drug-likeness (QED) is 0.905. The van der Waals surface area contributed by atoms with Crippen LogP contribution in [0.1, 0.15) is 18.2 Å². The normalized spacial score (nSPS) is 28.2. The SMILES string of the molecule is O=C1CNC(c2cccc(Cl)c2)N1CC1CCS(=O)(=O)C1. The molecule has 0 saturated carbocycles. The lowest BCUT2D eigenvalue weighted by Gasteiger charge is -2.27. The van der Waals surface area contributed by atoms with Crippen molar-refractivity contribution in [3.05, 3.63) is 34.9 Å². The summed E-state index contributed by atoms with van der Waals surface area (Å²) >= 11 is 6.00. The van der Waals surface area contributed by atoms with Crippen molar-refractivity contribution < 1.29 is 13.2 Å². The molecule has 1 amide bonds. The van der Waals surface area contributed by atoms with Gasteiger partial charge in [-0.2, -0.15) is 0 Å². The van der Waals surface area contributed by atoms with Crippen molar-refractivity contribution in [3.63, 3.8) is 0 Å². The Labute approximate surface area is 129 Å². The van der Waals surface area contributed by atoms with Gasteiger partial charge in [0.25, 0.3) is 0 Å². The first-order valence-corrected chi connectivity index (χ1v) is 9.13. The van der Waals surface area contributed by atoms with Gasteiger partial charge in [0.1, 0.15) is 6.17 Å². The van der Waals surface area contributed by atoms with Crippen LogP contribution in [0.25, 0.3) is 0 Å². The fourth-order valence-corrected chi connectivity index (χ4v) is 5.06. The maximum absolute atomic E-state index is 12.1. The van der Waals surface area contributed by atoms with E-state index in [1.54, 1.807) is 11.0 Å². The smallest absolute Gasteiger partial charge is 0.238 e. The second-order valence-corrected chi connectivity index (χ2v) is 8.32. The van der Waals surface area contributed by atoms with Gasteiger partial charge in [0.05, 0.1) is 18.1 Å².